The van der Waals surface area contributed by atoms with Gasteiger partial charge in [0.05, 0.1) is 18.8 Å². The highest BCUT2D eigenvalue weighted by molar-refractivity contribution is 5.81. The summed E-state index contributed by atoms with van der Waals surface area (Å²) in [7, 11) is 0. The Balaban J connectivity index is 1.82. The molecule has 2 fully saturated rings. The first-order valence-electron chi connectivity index (χ1n) is 8.19. The zero-order valence-corrected chi connectivity index (χ0v) is 12.9. The van der Waals surface area contributed by atoms with Crippen molar-refractivity contribution in [3.8, 4) is 0 Å². The second-order valence-electron chi connectivity index (χ2n) is 6.44. The highest BCUT2D eigenvalue weighted by Gasteiger charge is 2.44. The van der Waals surface area contributed by atoms with Crippen LogP contribution < -0.4 is 5.73 Å². The number of nitrogens with two attached hydrogens (primary N) is 1. The van der Waals surface area contributed by atoms with E-state index in [1.807, 2.05) is 6.92 Å². The fourth-order valence-corrected chi connectivity index (χ4v) is 3.61. The van der Waals surface area contributed by atoms with Gasteiger partial charge in [0.15, 0.2) is 0 Å². The molecule has 0 aromatic rings. The van der Waals surface area contributed by atoms with Crippen LogP contribution in [0.3, 0.4) is 0 Å². The van der Waals surface area contributed by atoms with Crippen molar-refractivity contribution >= 4 is 5.97 Å². The van der Waals surface area contributed by atoms with E-state index in [-0.39, 0.29) is 12.1 Å². The molecule has 2 saturated carbocycles. The first kappa shape index (κ1) is 15.8. The fourth-order valence-electron chi connectivity index (χ4n) is 3.61. The topological polar surface area (TPSA) is 61.5 Å². The van der Waals surface area contributed by atoms with Crippen LogP contribution in [0.25, 0.3) is 0 Å². The summed E-state index contributed by atoms with van der Waals surface area (Å²) in [4.78, 5) is 11.9. The molecule has 20 heavy (non-hydrogen) atoms. The number of hydrogen-bond acceptors (Lipinski definition) is 4. The molecule has 0 aliphatic heterocycles. The molecule has 0 aromatic carbocycles. The predicted octanol–water partition coefficient (Wildman–Crippen LogP) is 2.78. The lowest BCUT2D eigenvalue weighted by atomic mass is 9.85. The third kappa shape index (κ3) is 3.73. The molecule has 0 saturated heterocycles. The van der Waals surface area contributed by atoms with Gasteiger partial charge >= 0.3 is 5.97 Å². The number of ether oxygens (including phenoxy) is 2. The minimum atomic E-state index is -0.820. The Bertz CT molecular complexity index is 334. The van der Waals surface area contributed by atoms with Crippen molar-refractivity contribution < 1.29 is 14.3 Å². The van der Waals surface area contributed by atoms with Gasteiger partial charge in [-0.15, -0.1) is 0 Å². The molecule has 2 N–H and O–H groups in total. The van der Waals surface area contributed by atoms with Crippen LogP contribution in [0.1, 0.15) is 65.2 Å². The zero-order chi connectivity index (χ0) is 14.6. The maximum absolute atomic E-state index is 11.9. The van der Waals surface area contributed by atoms with Crippen LogP contribution >= 0.6 is 0 Å². The first-order valence-corrected chi connectivity index (χ1v) is 8.19. The quantitative estimate of drug-likeness (QED) is 0.788. The minimum absolute atomic E-state index is 0.130. The Kier molecular flexibility index (Phi) is 5.44. The van der Waals surface area contributed by atoms with E-state index in [1.54, 1.807) is 0 Å². The minimum Gasteiger partial charge on any atom is -0.465 e. The van der Waals surface area contributed by atoms with Crippen molar-refractivity contribution in [1.29, 1.82) is 0 Å². The molecular weight excluding hydrogens is 254 g/mol. The molecule has 0 aromatic heterocycles. The molecule has 0 bridgehead atoms. The van der Waals surface area contributed by atoms with Crippen molar-refractivity contribution in [2.45, 2.75) is 83.0 Å². The van der Waals surface area contributed by atoms with Crippen LogP contribution in [0, 0.1) is 5.92 Å². The normalized spacial score (nSPS) is 37.9. The van der Waals surface area contributed by atoms with Crippen LogP contribution in [0.2, 0.25) is 0 Å². The number of rotatable bonds is 5. The van der Waals surface area contributed by atoms with Gasteiger partial charge in [-0.1, -0.05) is 26.2 Å². The largest absolute Gasteiger partial charge is 0.465 e. The summed E-state index contributed by atoms with van der Waals surface area (Å²) in [5, 5.41) is 0. The molecule has 4 nitrogen and oxygen atoms in total. The molecule has 2 aliphatic carbocycles. The van der Waals surface area contributed by atoms with Crippen LogP contribution in [0.15, 0.2) is 0 Å². The number of carbonyl (C=O) groups excluding carboxylic acids is 1. The highest BCUT2D eigenvalue weighted by atomic mass is 16.5. The van der Waals surface area contributed by atoms with Crippen LogP contribution in [0.4, 0.5) is 0 Å². The third-order valence-corrected chi connectivity index (χ3v) is 4.88. The molecule has 4 heteroatoms. The maximum Gasteiger partial charge on any atom is 0.326 e. The summed E-state index contributed by atoms with van der Waals surface area (Å²) < 4.78 is 11.3. The Hall–Kier alpha value is -0.610. The second-order valence-corrected chi connectivity index (χ2v) is 6.44. The lowest BCUT2D eigenvalue weighted by Gasteiger charge is -2.31. The van der Waals surface area contributed by atoms with Crippen molar-refractivity contribution in [1.82, 2.24) is 0 Å². The van der Waals surface area contributed by atoms with Crippen molar-refractivity contribution in [3.05, 3.63) is 0 Å². The van der Waals surface area contributed by atoms with Gasteiger partial charge in [-0.25, -0.2) is 0 Å². The van der Waals surface area contributed by atoms with Crippen LogP contribution in [0.5, 0.6) is 0 Å². The van der Waals surface area contributed by atoms with Crippen LogP contribution in [-0.4, -0.2) is 30.3 Å². The van der Waals surface area contributed by atoms with Crippen molar-refractivity contribution in [3.63, 3.8) is 0 Å². The Morgan fingerprint density at radius 1 is 1.25 bits per heavy atom. The van der Waals surface area contributed by atoms with E-state index in [0.29, 0.717) is 25.6 Å². The number of esters is 1. The molecule has 116 valence electrons. The summed E-state index contributed by atoms with van der Waals surface area (Å²) in [6, 6.07) is 0. The maximum atomic E-state index is 11.9. The second kappa shape index (κ2) is 6.90. The van der Waals surface area contributed by atoms with E-state index in [1.165, 1.54) is 25.7 Å². The van der Waals surface area contributed by atoms with Gasteiger partial charge in [-0.3, -0.25) is 4.79 Å². The van der Waals surface area contributed by atoms with Gasteiger partial charge in [0, 0.05) is 6.42 Å². The summed E-state index contributed by atoms with van der Waals surface area (Å²) in [6.45, 7) is 4.47. The highest BCUT2D eigenvalue weighted by Crippen LogP contribution is 2.35. The summed E-state index contributed by atoms with van der Waals surface area (Å²) in [6.07, 6.45) is 8.84. The summed E-state index contributed by atoms with van der Waals surface area (Å²) in [5.74, 6) is 0.545. The number of carbonyl (C=O) groups is 1. The summed E-state index contributed by atoms with van der Waals surface area (Å²) >= 11 is 0. The van der Waals surface area contributed by atoms with E-state index < -0.39 is 5.54 Å². The fraction of sp³-hybridized carbons (Fsp3) is 0.938. The van der Waals surface area contributed by atoms with E-state index in [9.17, 15) is 4.79 Å². The Morgan fingerprint density at radius 3 is 2.75 bits per heavy atom. The predicted molar refractivity (Wildman–Crippen MR) is 78.3 cm³/mol. The van der Waals surface area contributed by atoms with Crippen LogP contribution in [-0.2, 0) is 14.3 Å². The van der Waals surface area contributed by atoms with E-state index in [4.69, 9.17) is 15.2 Å². The molecule has 4 unspecified atom stereocenters. The van der Waals surface area contributed by atoms with Gasteiger partial charge in [-0.2, -0.15) is 0 Å². The van der Waals surface area contributed by atoms with E-state index in [2.05, 4.69) is 6.92 Å². The van der Waals surface area contributed by atoms with Crippen molar-refractivity contribution in [2.75, 3.05) is 6.61 Å². The smallest absolute Gasteiger partial charge is 0.326 e. The molecule has 0 spiro atoms. The molecule has 2 rings (SSSR count). The van der Waals surface area contributed by atoms with E-state index in [0.717, 1.165) is 18.8 Å². The molecule has 0 amide bonds. The van der Waals surface area contributed by atoms with E-state index >= 15 is 0 Å². The van der Waals surface area contributed by atoms with Crippen molar-refractivity contribution in [2.24, 2.45) is 11.7 Å². The average molecular weight is 283 g/mol. The molecule has 0 radical (unpaired) electrons. The monoisotopic (exact) mass is 283 g/mol. The zero-order valence-electron chi connectivity index (χ0n) is 12.9. The lowest BCUT2D eigenvalue weighted by molar-refractivity contribution is -0.150. The van der Waals surface area contributed by atoms with Gasteiger partial charge in [-0.05, 0) is 38.5 Å². The number of hydrogen-bond donors (Lipinski definition) is 1. The van der Waals surface area contributed by atoms with Gasteiger partial charge in [0.2, 0.25) is 0 Å². The van der Waals surface area contributed by atoms with Gasteiger partial charge in [0.25, 0.3) is 0 Å². The van der Waals surface area contributed by atoms with Gasteiger partial charge in [0.1, 0.15) is 5.54 Å². The first-order chi connectivity index (χ1) is 9.57. The van der Waals surface area contributed by atoms with Gasteiger partial charge < -0.3 is 15.2 Å². The Labute approximate surface area is 122 Å². The standard InChI is InChI=1S/C16H29NO3/c1-3-12-6-5-7-13(10-12)20-14-8-9-16(17,11-14)15(18)19-4-2/h12-14H,3-11,17H2,1-2H3. The molecular formula is C16H29NO3. The average Bonchev–Trinajstić information content (AvgIpc) is 2.82. The molecule has 4 atom stereocenters. The Morgan fingerprint density at radius 2 is 2.05 bits per heavy atom. The third-order valence-electron chi connectivity index (χ3n) is 4.88. The summed E-state index contributed by atoms with van der Waals surface area (Å²) in [5.41, 5.74) is 5.36. The molecule has 2 aliphatic rings. The lowest BCUT2D eigenvalue weighted by Crippen LogP contribution is -2.47. The SMILES string of the molecule is CCOC(=O)C1(N)CCC(OC2CCCC(CC)C2)C1. The molecule has 0 heterocycles.